The van der Waals surface area contributed by atoms with Gasteiger partial charge in [0.1, 0.15) is 0 Å². The number of hydrogen-bond donors (Lipinski definition) is 1. The van der Waals surface area contributed by atoms with Crippen molar-refractivity contribution in [2.45, 2.75) is 64.2 Å². The highest BCUT2D eigenvalue weighted by molar-refractivity contribution is 5.14. The molecule has 2 heteroatoms. The van der Waals surface area contributed by atoms with E-state index in [1.54, 1.807) is 0 Å². The molecule has 2 nitrogen and oxygen atoms in total. The van der Waals surface area contributed by atoms with E-state index in [9.17, 15) is 0 Å². The van der Waals surface area contributed by atoms with Gasteiger partial charge in [-0.1, -0.05) is 37.3 Å². The van der Waals surface area contributed by atoms with Crippen molar-refractivity contribution in [1.82, 2.24) is 5.32 Å². The number of ether oxygens (including phenoxy) is 1. The number of rotatable bonds is 7. The Hall–Kier alpha value is -0.860. The van der Waals surface area contributed by atoms with Crippen LogP contribution in [0.2, 0.25) is 0 Å². The van der Waals surface area contributed by atoms with E-state index in [0.29, 0.717) is 18.2 Å². The van der Waals surface area contributed by atoms with Crippen LogP contribution in [0.1, 0.15) is 45.1 Å². The van der Waals surface area contributed by atoms with E-state index in [1.807, 2.05) is 0 Å². The van der Waals surface area contributed by atoms with E-state index in [-0.39, 0.29) is 0 Å². The van der Waals surface area contributed by atoms with Gasteiger partial charge >= 0.3 is 0 Å². The molecular formula is C17H27NO. The van der Waals surface area contributed by atoms with Crippen molar-refractivity contribution < 1.29 is 4.74 Å². The first-order valence-corrected chi connectivity index (χ1v) is 7.72. The average molecular weight is 261 g/mol. The smallest absolute Gasteiger partial charge is 0.0732 e. The fraction of sp³-hybridized carbons (Fsp3) is 0.647. The molecule has 0 saturated carbocycles. The van der Waals surface area contributed by atoms with E-state index in [4.69, 9.17) is 4.74 Å². The van der Waals surface area contributed by atoms with Gasteiger partial charge in [-0.05, 0) is 51.1 Å². The lowest BCUT2D eigenvalue weighted by Crippen LogP contribution is -2.40. The molecular weight excluding hydrogens is 234 g/mol. The summed E-state index contributed by atoms with van der Waals surface area (Å²) in [6.45, 7) is 5.50. The van der Waals surface area contributed by atoms with E-state index >= 15 is 0 Å². The monoisotopic (exact) mass is 261 g/mol. The van der Waals surface area contributed by atoms with E-state index in [2.05, 4.69) is 49.5 Å². The van der Waals surface area contributed by atoms with Crippen LogP contribution in [0.25, 0.3) is 0 Å². The Morgan fingerprint density at radius 1 is 1.26 bits per heavy atom. The van der Waals surface area contributed by atoms with Gasteiger partial charge in [0, 0.05) is 6.04 Å². The van der Waals surface area contributed by atoms with Gasteiger partial charge in [0.25, 0.3) is 0 Å². The lowest BCUT2D eigenvalue weighted by molar-refractivity contribution is 0.0302. The lowest BCUT2D eigenvalue weighted by Gasteiger charge is -2.25. The quantitative estimate of drug-likeness (QED) is 0.810. The van der Waals surface area contributed by atoms with Gasteiger partial charge in [0.2, 0.25) is 0 Å². The molecule has 1 N–H and O–H groups in total. The second kappa shape index (κ2) is 7.66. The zero-order valence-electron chi connectivity index (χ0n) is 12.3. The summed E-state index contributed by atoms with van der Waals surface area (Å²) >= 11 is 0. The molecule has 0 spiro atoms. The number of nitrogens with one attached hydrogen (secondary N) is 1. The molecule has 1 aromatic rings. The first-order chi connectivity index (χ1) is 9.29. The van der Waals surface area contributed by atoms with Gasteiger partial charge in [0.15, 0.2) is 0 Å². The maximum Gasteiger partial charge on any atom is 0.0732 e. The number of hydrogen-bond acceptors (Lipinski definition) is 2. The Morgan fingerprint density at radius 2 is 2.05 bits per heavy atom. The normalized spacial score (nSPS) is 24.5. The van der Waals surface area contributed by atoms with Crippen LogP contribution in [0, 0.1) is 0 Å². The maximum atomic E-state index is 6.05. The minimum atomic E-state index is 0.408. The van der Waals surface area contributed by atoms with Crippen molar-refractivity contribution in [3.8, 4) is 0 Å². The summed E-state index contributed by atoms with van der Waals surface area (Å²) in [7, 11) is 0. The first kappa shape index (κ1) is 14.5. The van der Waals surface area contributed by atoms with Crippen LogP contribution < -0.4 is 5.32 Å². The molecule has 0 amide bonds. The Bertz CT molecular complexity index is 352. The predicted octanol–water partition coefficient (Wildman–Crippen LogP) is 3.55. The fourth-order valence-electron chi connectivity index (χ4n) is 2.85. The van der Waals surface area contributed by atoms with Gasteiger partial charge in [0.05, 0.1) is 12.2 Å². The Labute approximate surface area is 117 Å². The topological polar surface area (TPSA) is 21.3 Å². The zero-order valence-corrected chi connectivity index (χ0v) is 12.3. The van der Waals surface area contributed by atoms with Crippen molar-refractivity contribution in [3.05, 3.63) is 35.9 Å². The molecule has 3 unspecified atom stereocenters. The zero-order chi connectivity index (χ0) is 13.5. The van der Waals surface area contributed by atoms with Crippen LogP contribution in [0.5, 0.6) is 0 Å². The number of aryl methyl sites for hydroxylation is 1. The highest BCUT2D eigenvalue weighted by Crippen LogP contribution is 2.24. The van der Waals surface area contributed by atoms with Crippen LogP contribution in [-0.4, -0.2) is 24.8 Å². The third kappa shape index (κ3) is 4.63. The Balaban J connectivity index is 1.86. The second-order valence-electron chi connectivity index (χ2n) is 5.65. The molecule has 19 heavy (non-hydrogen) atoms. The molecule has 1 saturated heterocycles. The summed E-state index contributed by atoms with van der Waals surface area (Å²) < 4.78 is 6.05. The Kier molecular flexibility index (Phi) is 5.87. The molecule has 3 atom stereocenters. The van der Waals surface area contributed by atoms with Gasteiger partial charge < -0.3 is 10.1 Å². The van der Waals surface area contributed by atoms with Crippen LogP contribution in [0.3, 0.4) is 0 Å². The van der Waals surface area contributed by atoms with Crippen molar-refractivity contribution >= 4 is 0 Å². The van der Waals surface area contributed by atoms with Crippen molar-refractivity contribution in [2.24, 2.45) is 0 Å². The maximum absolute atomic E-state index is 6.05. The first-order valence-electron chi connectivity index (χ1n) is 7.72. The molecule has 1 aliphatic rings. The largest absolute Gasteiger partial charge is 0.374 e. The summed E-state index contributed by atoms with van der Waals surface area (Å²) in [4.78, 5) is 0. The summed E-state index contributed by atoms with van der Waals surface area (Å²) in [6, 6.07) is 11.3. The summed E-state index contributed by atoms with van der Waals surface area (Å²) in [5.74, 6) is 0. The average Bonchev–Trinajstić information content (AvgIpc) is 2.86. The third-order valence-corrected chi connectivity index (χ3v) is 3.96. The van der Waals surface area contributed by atoms with Gasteiger partial charge in [-0.25, -0.2) is 0 Å². The van der Waals surface area contributed by atoms with Crippen LogP contribution in [-0.2, 0) is 11.2 Å². The second-order valence-corrected chi connectivity index (χ2v) is 5.65. The Morgan fingerprint density at radius 3 is 2.68 bits per heavy atom. The highest BCUT2D eigenvalue weighted by Gasteiger charge is 2.28. The molecule has 0 aliphatic carbocycles. The summed E-state index contributed by atoms with van der Waals surface area (Å²) in [6.07, 6.45) is 6.75. The summed E-state index contributed by atoms with van der Waals surface area (Å²) in [5.41, 5.74) is 1.43. The molecule has 1 fully saturated rings. The molecule has 1 aliphatic heterocycles. The van der Waals surface area contributed by atoms with E-state index in [0.717, 1.165) is 13.0 Å². The predicted molar refractivity (Wildman–Crippen MR) is 80.4 cm³/mol. The van der Waals surface area contributed by atoms with Crippen LogP contribution >= 0.6 is 0 Å². The third-order valence-electron chi connectivity index (χ3n) is 3.96. The molecule has 0 aromatic heterocycles. The molecule has 1 aromatic carbocycles. The SMILES string of the molecule is CCCNC(CCc1ccccc1)C1CCC(C)O1. The molecule has 1 heterocycles. The van der Waals surface area contributed by atoms with Crippen LogP contribution in [0.4, 0.5) is 0 Å². The molecule has 106 valence electrons. The standard InChI is InChI=1S/C17H27NO/c1-3-13-18-16(17-12-9-14(2)19-17)11-10-15-7-5-4-6-8-15/h4-8,14,16-18H,3,9-13H2,1-2H3. The van der Waals surface area contributed by atoms with Gasteiger partial charge in [-0.3, -0.25) is 0 Å². The van der Waals surface area contributed by atoms with E-state index in [1.165, 1.54) is 31.2 Å². The number of benzene rings is 1. The lowest BCUT2D eigenvalue weighted by atomic mass is 9.99. The van der Waals surface area contributed by atoms with E-state index < -0.39 is 0 Å². The molecule has 0 bridgehead atoms. The molecule has 2 rings (SSSR count). The van der Waals surface area contributed by atoms with Gasteiger partial charge in [-0.15, -0.1) is 0 Å². The minimum Gasteiger partial charge on any atom is -0.374 e. The molecule has 0 radical (unpaired) electrons. The van der Waals surface area contributed by atoms with Crippen molar-refractivity contribution in [3.63, 3.8) is 0 Å². The highest BCUT2D eigenvalue weighted by atomic mass is 16.5. The van der Waals surface area contributed by atoms with Gasteiger partial charge in [-0.2, -0.15) is 0 Å². The van der Waals surface area contributed by atoms with Crippen molar-refractivity contribution in [2.75, 3.05) is 6.54 Å². The summed E-state index contributed by atoms with van der Waals surface area (Å²) in [5, 5.41) is 3.68. The van der Waals surface area contributed by atoms with Crippen molar-refractivity contribution in [1.29, 1.82) is 0 Å². The fourth-order valence-corrected chi connectivity index (χ4v) is 2.85. The van der Waals surface area contributed by atoms with Crippen LogP contribution in [0.15, 0.2) is 30.3 Å². The minimum absolute atomic E-state index is 0.408.